The van der Waals surface area contributed by atoms with Crippen LogP contribution in [-0.2, 0) is 21.2 Å². The third-order valence-corrected chi connectivity index (χ3v) is 6.08. The Morgan fingerprint density at radius 1 is 1.18 bits per heavy atom. The number of benzene rings is 1. The van der Waals surface area contributed by atoms with E-state index in [2.05, 4.69) is 20.4 Å². The molecular formula is C19H21N5O3S. The second-order valence-corrected chi connectivity index (χ2v) is 9.24. The van der Waals surface area contributed by atoms with Gasteiger partial charge in [-0.3, -0.25) is 9.48 Å². The predicted molar refractivity (Wildman–Crippen MR) is 105 cm³/mol. The Balaban J connectivity index is 1.48. The van der Waals surface area contributed by atoms with Crippen molar-refractivity contribution >= 4 is 38.3 Å². The first kappa shape index (κ1) is 18.5. The maximum absolute atomic E-state index is 11.5. The number of anilines is 2. The molecular weight excluding hydrogens is 378 g/mol. The largest absolute Gasteiger partial charge is 0.324 e. The van der Waals surface area contributed by atoms with Gasteiger partial charge in [-0.15, -0.1) is 0 Å². The highest BCUT2D eigenvalue weighted by atomic mass is 32.2. The Hall–Kier alpha value is -2.81. The molecule has 4 rings (SSSR count). The number of rotatable bonds is 5. The predicted octanol–water partition coefficient (Wildman–Crippen LogP) is 2.73. The Kier molecular flexibility index (Phi) is 4.84. The molecule has 2 heterocycles. The Morgan fingerprint density at radius 2 is 1.89 bits per heavy atom. The fourth-order valence-electron chi connectivity index (χ4n) is 3.38. The van der Waals surface area contributed by atoms with Crippen LogP contribution in [0.2, 0.25) is 0 Å². The lowest BCUT2D eigenvalue weighted by Gasteiger charge is -2.20. The number of hydrogen-bond acceptors (Lipinski definition) is 7. The van der Waals surface area contributed by atoms with Gasteiger partial charge in [-0.05, 0) is 43.0 Å². The fraction of sp³-hybridized carbons (Fsp3) is 0.368. The van der Waals surface area contributed by atoms with Crippen LogP contribution < -0.4 is 5.32 Å². The van der Waals surface area contributed by atoms with Crippen molar-refractivity contribution in [3.05, 3.63) is 36.7 Å². The van der Waals surface area contributed by atoms with Crippen LogP contribution in [0.25, 0.3) is 11.0 Å². The standard InChI is InChI=1S/C19H21N5O3S/c1-28(26,27)17-8-4-15(5-9-17)21-19-20-10-14-12-24(23-18(14)22-19)11-13-2-6-16(25)7-3-13/h4-5,8-10,12-13H,2-3,6-7,11H2,1H3,(H,21,22,23). The zero-order valence-electron chi connectivity index (χ0n) is 15.5. The number of Topliss-reactive ketones (excluding diaryl/α,β-unsaturated/α-hetero) is 1. The van der Waals surface area contributed by atoms with E-state index in [1.807, 2.05) is 10.9 Å². The van der Waals surface area contributed by atoms with Crippen molar-refractivity contribution in [2.24, 2.45) is 5.92 Å². The molecule has 1 N–H and O–H groups in total. The lowest BCUT2D eigenvalue weighted by atomic mass is 9.88. The second kappa shape index (κ2) is 7.31. The number of ketones is 1. The molecule has 146 valence electrons. The minimum Gasteiger partial charge on any atom is -0.324 e. The summed E-state index contributed by atoms with van der Waals surface area (Å²) >= 11 is 0. The normalized spacial score (nSPS) is 15.8. The first-order chi connectivity index (χ1) is 13.4. The summed E-state index contributed by atoms with van der Waals surface area (Å²) in [4.78, 5) is 20.4. The van der Waals surface area contributed by atoms with Gasteiger partial charge in [0.25, 0.3) is 0 Å². The third kappa shape index (κ3) is 4.19. The maximum Gasteiger partial charge on any atom is 0.229 e. The topological polar surface area (TPSA) is 107 Å². The van der Waals surface area contributed by atoms with Gasteiger partial charge in [-0.1, -0.05) is 0 Å². The molecule has 2 aromatic heterocycles. The summed E-state index contributed by atoms with van der Waals surface area (Å²) in [7, 11) is -3.22. The fourth-order valence-corrected chi connectivity index (χ4v) is 4.01. The summed E-state index contributed by atoms with van der Waals surface area (Å²) in [5, 5.41) is 8.45. The van der Waals surface area contributed by atoms with Crippen molar-refractivity contribution in [2.45, 2.75) is 37.1 Å². The van der Waals surface area contributed by atoms with E-state index in [1.165, 1.54) is 6.26 Å². The van der Waals surface area contributed by atoms with Gasteiger partial charge in [0.2, 0.25) is 5.95 Å². The molecule has 0 atom stereocenters. The summed E-state index contributed by atoms with van der Waals surface area (Å²) < 4.78 is 25.0. The summed E-state index contributed by atoms with van der Waals surface area (Å²) in [6.07, 6.45) is 7.97. The molecule has 1 aliphatic carbocycles. The Morgan fingerprint density at radius 3 is 2.57 bits per heavy atom. The number of sulfone groups is 1. The van der Waals surface area contributed by atoms with Gasteiger partial charge < -0.3 is 5.32 Å². The Labute approximate surface area is 162 Å². The zero-order valence-corrected chi connectivity index (χ0v) is 16.3. The van der Waals surface area contributed by atoms with Gasteiger partial charge in [0.05, 0.1) is 10.3 Å². The molecule has 28 heavy (non-hydrogen) atoms. The van der Waals surface area contributed by atoms with E-state index >= 15 is 0 Å². The number of nitrogens with zero attached hydrogens (tertiary/aromatic N) is 4. The van der Waals surface area contributed by atoms with Crippen molar-refractivity contribution < 1.29 is 13.2 Å². The van der Waals surface area contributed by atoms with E-state index in [9.17, 15) is 13.2 Å². The summed E-state index contributed by atoms with van der Waals surface area (Å²) in [6, 6.07) is 6.43. The van der Waals surface area contributed by atoms with Crippen molar-refractivity contribution in [3.8, 4) is 0 Å². The minimum atomic E-state index is -3.22. The van der Waals surface area contributed by atoms with E-state index in [0.29, 0.717) is 41.8 Å². The molecule has 0 aliphatic heterocycles. The SMILES string of the molecule is CS(=O)(=O)c1ccc(Nc2ncc3cn(CC4CCC(=O)CC4)nc3n2)cc1. The Bertz CT molecular complexity index is 1110. The molecule has 0 amide bonds. The van der Waals surface area contributed by atoms with Gasteiger partial charge in [-0.25, -0.2) is 13.4 Å². The quantitative estimate of drug-likeness (QED) is 0.703. The highest BCUT2D eigenvalue weighted by molar-refractivity contribution is 7.90. The summed E-state index contributed by atoms with van der Waals surface area (Å²) in [5.41, 5.74) is 1.29. The summed E-state index contributed by atoms with van der Waals surface area (Å²) in [6.45, 7) is 0.777. The molecule has 9 heteroatoms. The highest BCUT2D eigenvalue weighted by Crippen LogP contribution is 2.24. The van der Waals surface area contributed by atoms with Crippen molar-refractivity contribution in [1.29, 1.82) is 0 Å². The molecule has 8 nitrogen and oxygen atoms in total. The van der Waals surface area contributed by atoms with E-state index < -0.39 is 9.84 Å². The molecule has 3 aromatic rings. The molecule has 0 unspecified atom stereocenters. The number of carbonyl (C=O) groups is 1. The maximum atomic E-state index is 11.5. The van der Waals surface area contributed by atoms with Crippen LogP contribution >= 0.6 is 0 Å². The van der Waals surface area contributed by atoms with Crippen LogP contribution in [0.3, 0.4) is 0 Å². The van der Waals surface area contributed by atoms with E-state index in [1.54, 1.807) is 30.5 Å². The van der Waals surface area contributed by atoms with Gasteiger partial charge in [0, 0.05) is 43.7 Å². The smallest absolute Gasteiger partial charge is 0.229 e. The lowest BCUT2D eigenvalue weighted by molar-refractivity contribution is -0.121. The number of hydrogen-bond donors (Lipinski definition) is 1. The van der Waals surface area contributed by atoms with Gasteiger partial charge in [0.15, 0.2) is 15.5 Å². The highest BCUT2D eigenvalue weighted by Gasteiger charge is 2.19. The number of aromatic nitrogens is 4. The summed E-state index contributed by atoms with van der Waals surface area (Å²) in [5.74, 6) is 1.21. The average Bonchev–Trinajstić information content (AvgIpc) is 3.05. The number of fused-ring (bicyclic) bond motifs is 1. The molecule has 1 fully saturated rings. The van der Waals surface area contributed by atoms with Crippen LogP contribution in [0.4, 0.5) is 11.6 Å². The van der Waals surface area contributed by atoms with Crippen LogP contribution in [0.15, 0.2) is 41.6 Å². The molecule has 0 bridgehead atoms. The van der Waals surface area contributed by atoms with E-state index in [-0.39, 0.29) is 4.90 Å². The van der Waals surface area contributed by atoms with E-state index in [4.69, 9.17) is 0 Å². The van der Waals surface area contributed by atoms with Crippen LogP contribution in [-0.4, -0.2) is 40.2 Å². The van der Waals surface area contributed by atoms with Crippen molar-refractivity contribution in [3.63, 3.8) is 0 Å². The molecule has 0 spiro atoms. The molecule has 0 saturated heterocycles. The lowest BCUT2D eigenvalue weighted by Crippen LogP contribution is -2.18. The van der Waals surface area contributed by atoms with Crippen LogP contribution in [0.1, 0.15) is 25.7 Å². The van der Waals surface area contributed by atoms with Crippen LogP contribution in [0.5, 0.6) is 0 Å². The van der Waals surface area contributed by atoms with Gasteiger partial charge in [-0.2, -0.15) is 10.1 Å². The zero-order chi connectivity index (χ0) is 19.7. The average molecular weight is 399 g/mol. The van der Waals surface area contributed by atoms with Gasteiger partial charge >= 0.3 is 0 Å². The van der Waals surface area contributed by atoms with Crippen molar-refractivity contribution in [1.82, 2.24) is 19.7 Å². The number of carbonyl (C=O) groups excluding carboxylic acids is 1. The van der Waals surface area contributed by atoms with Crippen molar-refractivity contribution in [2.75, 3.05) is 11.6 Å². The molecule has 1 aromatic carbocycles. The first-order valence-electron chi connectivity index (χ1n) is 9.16. The van der Waals surface area contributed by atoms with E-state index in [0.717, 1.165) is 24.8 Å². The molecule has 1 aliphatic rings. The second-order valence-electron chi connectivity index (χ2n) is 7.23. The third-order valence-electron chi connectivity index (χ3n) is 4.95. The number of nitrogens with one attached hydrogen (secondary N) is 1. The minimum absolute atomic E-state index is 0.262. The van der Waals surface area contributed by atoms with Gasteiger partial charge in [0.1, 0.15) is 5.78 Å². The monoisotopic (exact) mass is 399 g/mol. The van der Waals surface area contributed by atoms with Crippen LogP contribution in [0, 0.1) is 5.92 Å². The molecule has 0 radical (unpaired) electrons. The first-order valence-corrected chi connectivity index (χ1v) is 11.0. The molecule has 1 saturated carbocycles.